The van der Waals surface area contributed by atoms with Gasteiger partial charge in [0, 0.05) is 31.5 Å². The summed E-state index contributed by atoms with van der Waals surface area (Å²) in [5.41, 5.74) is 8.94. The van der Waals surface area contributed by atoms with Crippen LogP contribution in [0.2, 0.25) is 0 Å². The first-order valence-electron chi connectivity index (χ1n) is 11.6. The molecule has 0 atom stereocenters. The van der Waals surface area contributed by atoms with Crippen LogP contribution in [-0.2, 0) is 22.7 Å². The highest BCUT2D eigenvalue weighted by molar-refractivity contribution is 5.91. The first-order chi connectivity index (χ1) is 17.5. The van der Waals surface area contributed by atoms with E-state index in [-0.39, 0.29) is 19.1 Å². The van der Waals surface area contributed by atoms with Crippen LogP contribution in [0.3, 0.4) is 0 Å². The van der Waals surface area contributed by atoms with Crippen molar-refractivity contribution in [1.82, 2.24) is 20.6 Å². The molecular weight excluding hydrogens is 460 g/mol. The first kappa shape index (κ1) is 24.5. The van der Waals surface area contributed by atoms with Gasteiger partial charge in [-0.1, -0.05) is 24.3 Å². The highest BCUT2D eigenvalue weighted by Crippen LogP contribution is 2.23. The maximum atomic E-state index is 12.9. The van der Waals surface area contributed by atoms with Crippen molar-refractivity contribution >= 4 is 29.3 Å². The number of ether oxygens (including phenoxy) is 1. The second kappa shape index (κ2) is 11.7. The number of aromatic nitrogens is 1. The van der Waals surface area contributed by atoms with Gasteiger partial charge in [0.05, 0.1) is 16.9 Å². The van der Waals surface area contributed by atoms with Crippen LogP contribution in [0.4, 0.5) is 16.2 Å². The first-order valence-corrected chi connectivity index (χ1v) is 11.6. The molecule has 10 heteroatoms. The number of benzene rings is 2. The van der Waals surface area contributed by atoms with E-state index in [4.69, 9.17) is 10.5 Å². The second-order valence-electron chi connectivity index (χ2n) is 8.22. The molecule has 0 unspecified atom stereocenters. The van der Waals surface area contributed by atoms with Crippen molar-refractivity contribution in [1.29, 1.82) is 0 Å². The number of carbonyl (C=O) groups excluding carboxylic acids is 3. The molecule has 0 radical (unpaired) electrons. The molecule has 186 valence electrons. The van der Waals surface area contributed by atoms with Crippen LogP contribution in [-0.4, -0.2) is 47.5 Å². The summed E-state index contributed by atoms with van der Waals surface area (Å²) in [6, 6.07) is 19.1. The number of hydrogen-bond donors (Lipinski definition) is 3. The van der Waals surface area contributed by atoms with Crippen molar-refractivity contribution in [3.05, 3.63) is 89.7 Å². The number of amides is 3. The highest BCUT2D eigenvalue weighted by atomic mass is 16.5. The van der Waals surface area contributed by atoms with E-state index in [1.807, 2.05) is 29.3 Å². The molecule has 1 saturated heterocycles. The fourth-order valence-electron chi connectivity index (χ4n) is 3.77. The monoisotopic (exact) mass is 488 g/mol. The Bertz CT molecular complexity index is 1200. The fraction of sp³-hybridized carbons (Fsp3) is 0.231. The van der Waals surface area contributed by atoms with Gasteiger partial charge in [-0.15, -0.1) is 0 Å². The van der Waals surface area contributed by atoms with Crippen LogP contribution >= 0.6 is 0 Å². The Morgan fingerprint density at radius 1 is 0.972 bits per heavy atom. The number of nitrogens with one attached hydrogen (secondary N) is 2. The molecule has 1 aliphatic rings. The summed E-state index contributed by atoms with van der Waals surface area (Å²) >= 11 is 0. The molecular formula is C26H28N6O4. The lowest BCUT2D eigenvalue weighted by molar-refractivity contribution is -0.129. The van der Waals surface area contributed by atoms with E-state index >= 15 is 0 Å². The summed E-state index contributed by atoms with van der Waals surface area (Å²) in [7, 11) is 0. The van der Waals surface area contributed by atoms with E-state index in [1.165, 1.54) is 0 Å². The number of nitrogen functional groups attached to an aromatic ring is 1. The number of carbonyl (C=O) groups is 3. The number of urea groups is 1. The third kappa shape index (κ3) is 6.50. The molecule has 36 heavy (non-hydrogen) atoms. The molecule has 1 fully saturated rings. The van der Waals surface area contributed by atoms with Gasteiger partial charge < -0.3 is 21.1 Å². The van der Waals surface area contributed by atoms with Gasteiger partial charge >= 0.3 is 12.0 Å². The zero-order valence-corrected chi connectivity index (χ0v) is 19.7. The Hall–Kier alpha value is -4.60. The van der Waals surface area contributed by atoms with Crippen LogP contribution < -0.4 is 21.4 Å². The third-order valence-corrected chi connectivity index (χ3v) is 5.61. The Labute approximate surface area is 209 Å². The SMILES string of the molecule is Nc1ccc(CNC(=O)NCC(=O)N2CCCN2c2cccc(C(=O)OCc3ccccn3)c2)cc1. The van der Waals surface area contributed by atoms with E-state index in [1.54, 1.807) is 53.7 Å². The minimum Gasteiger partial charge on any atom is -0.456 e. The minimum absolute atomic E-state index is 0.0737. The quantitative estimate of drug-likeness (QED) is 0.328. The number of nitrogens with two attached hydrogens (primary N) is 1. The predicted molar refractivity (Wildman–Crippen MR) is 135 cm³/mol. The van der Waals surface area contributed by atoms with Gasteiger partial charge in [0.25, 0.3) is 5.91 Å². The van der Waals surface area contributed by atoms with E-state index in [9.17, 15) is 14.4 Å². The molecule has 4 rings (SSSR count). The van der Waals surface area contributed by atoms with Crippen LogP contribution in [0.5, 0.6) is 0 Å². The Kier molecular flexibility index (Phi) is 7.97. The summed E-state index contributed by atoms with van der Waals surface area (Å²) in [6.07, 6.45) is 2.41. The van der Waals surface area contributed by atoms with Gasteiger partial charge in [-0.3, -0.25) is 19.8 Å². The van der Waals surface area contributed by atoms with Crippen molar-refractivity contribution in [2.45, 2.75) is 19.6 Å². The summed E-state index contributed by atoms with van der Waals surface area (Å²) in [5, 5.41) is 8.72. The molecule has 1 aromatic heterocycles. The summed E-state index contributed by atoms with van der Waals surface area (Å²) < 4.78 is 5.37. The number of hydrogen-bond acceptors (Lipinski definition) is 7. The molecule has 0 bridgehead atoms. The van der Waals surface area contributed by atoms with Crippen LogP contribution in [0.15, 0.2) is 72.9 Å². The molecule has 0 aliphatic carbocycles. The van der Waals surface area contributed by atoms with Crippen molar-refractivity contribution in [3.63, 3.8) is 0 Å². The van der Waals surface area contributed by atoms with E-state index in [2.05, 4.69) is 15.6 Å². The Morgan fingerprint density at radius 2 is 1.81 bits per heavy atom. The van der Waals surface area contributed by atoms with Crippen molar-refractivity contribution in [2.24, 2.45) is 0 Å². The van der Waals surface area contributed by atoms with Crippen molar-refractivity contribution in [3.8, 4) is 0 Å². The highest BCUT2D eigenvalue weighted by Gasteiger charge is 2.27. The summed E-state index contributed by atoms with van der Waals surface area (Å²) in [6.45, 7) is 1.36. The number of anilines is 2. The molecule has 3 amide bonds. The zero-order valence-electron chi connectivity index (χ0n) is 19.7. The number of rotatable bonds is 8. The molecule has 1 aliphatic heterocycles. The lowest BCUT2D eigenvalue weighted by atomic mass is 10.2. The van der Waals surface area contributed by atoms with Gasteiger partial charge in [-0.25, -0.2) is 9.59 Å². The van der Waals surface area contributed by atoms with Gasteiger partial charge in [0.15, 0.2) is 0 Å². The molecule has 0 saturated carbocycles. The van der Waals surface area contributed by atoms with Gasteiger partial charge in [-0.2, -0.15) is 0 Å². The topological polar surface area (TPSA) is 130 Å². The smallest absolute Gasteiger partial charge is 0.338 e. The van der Waals surface area contributed by atoms with Gasteiger partial charge in [-0.05, 0) is 54.4 Å². The van der Waals surface area contributed by atoms with Crippen LogP contribution in [0.25, 0.3) is 0 Å². The van der Waals surface area contributed by atoms with E-state index in [0.717, 1.165) is 12.0 Å². The zero-order chi connectivity index (χ0) is 25.3. The summed E-state index contributed by atoms with van der Waals surface area (Å²) in [4.78, 5) is 41.7. The maximum Gasteiger partial charge on any atom is 0.338 e. The molecule has 2 aromatic carbocycles. The van der Waals surface area contributed by atoms with Crippen LogP contribution in [0.1, 0.15) is 28.0 Å². The average molecular weight is 489 g/mol. The summed E-state index contributed by atoms with van der Waals surface area (Å²) in [5.74, 6) is -0.725. The Morgan fingerprint density at radius 3 is 2.58 bits per heavy atom. The number of esters is 1. The molecule has 10 nitrogen and oxygen atoms in total. The maximum absolute atomic E-state index is 12.9. The average Bonchev–Trinajstić information content (AvgIpc) is 3.41. The minimum atomic E-state index is -0.473. The standard InChI is InChI=1S/C26H28N6O4/c27-21-10-8-19(9-11-21)16-29-26(35)30-17-24(33)32-14-4-13-31(32)23-7-3-5-20(15-23)25(34)36-18-22-6-1-2-12-28-22/h1-3,5-12,15H,4,13-14,16-18,27H2,(H2,29,30,35). The molecule has 4 N–H and O–H groups in total. The fourth-order valence-corrected chi connectivity index (χ4v) is 3.77. The van der Waals surface area contributed by atoms with E-state index < -0.39 is 12.0 Å². The lowest BCUT2D eigenvalue weighted by Gasteiger charge is -2.30. The van der Waals surface area contributed by atoms with Crippen LogP contribution in [0, 0.1) is 0 Å². The Balaban J connectivity index is 1.30. The lowest BCUT2D eigenvalue weighted by Crippen LogP contribution is -2.48. The largest absolute Gasteiger partial charge is 0.456 e. The van der Waals surface area contributed by atoms with Gasteiger partial charge in [0.2, 0.25) is 0 Å². The molecule has 2 heterocycles. The van der Waals surface area contributed by atoms with Crippen molar-refractivity contribution < 1.29 is 19.1 Å². The van der Waals surface area contributed by atoms with Gasteiger partial charge in [0.1, 0.15) is 13.2 Å². The third-order valence-electron chi connectivity index (χ3n) is 5.61. The second-order valence-corrected chi connectivity index (χ2v) is 8.22. The molecule has 0 spiro atoms. The normalized spacial score (nSPS) is 12.8. The molecule has 3 aromatic rings. The number of nitrogens with zero attached hydrogens (tertiary/aromatic N) is 3. The van der Waals surface area contributed by atoms with E-state index in [0.29, 0.717) is 42.3 Å². The number of pyridine rings is 1. The number of hydrazine groups is 1. The predicted octanol–water partition coefficient (Wildman–Crippen LogP) is 2.47. The van der Waals surface area contributed by atoms with Crippen molar-refractivity contribution in [2.75, 3.05) is 30.4 Å².